The molecular weight excluding hydrogens is 310 g/mol. The lowest BCUT2D eigenvalue weighted by Gasteiger charge is -2.33. The lowest BCUT2D eigenvalue weighted by Crippen LogP contribution is -2.45. The number of primary amides is 1. The molecule has 0 bridgehead atoms. The lowest BCUT2D eigenvalue weighted by molar-refractivity contribution is -0.260. The van der Waals surface area contributed by atoms with E-state index in [1.54, 1.807) is 18.0 Å². The number of carbonyl (C=O) groups is 2. The Labute approximate surface area is 141 Å². The Balaban J connectivity index is 1.61. The molecule has 1 unspecified atom stereocenters. The predicted molar refractivity (Wildman–Crippen MR) is 86.9 cm³/mol. The van der Waals surface area contributed by atoms with Crippen molar-refractivity contribution in [2.75, 3.05) is 20.2 Å². The standard InChI is InChI=1S/C17H23N3O4/c1-19(24-15-4-2-3-9-23-15)17(22)20-8-7-12-10-13(16(18)21)5-6-14(12)11-20/h5-6,10,15H,2-4,7-9,11H2,1H3,(H2,18,21). The highest BCUT2D eigenvalue weighted by molar-refractivity contribution is 5.93. The zero-order chi connectivity index (χ0) is 17.1. The molecule has 0 aromatic heterocycles. The Morgan fingerprint density at radius 3 is 2.88 bits per heavy atom. The van der Waals surface area contributed by atoms with E-state index < -0.39 is 5.91 Å². The molecular formula is C17H23N3O4. The zero-order valence-electron chi connectivity index (χ0n) is 13.9. The first-order chi connectivity index (χ1) is 11.5. The fourth-order valence-corrected chi connectivity index (χ4v) is 3.08. The minimum atomic E-state index is -0.433. The molecule has 0 spiro atoms. The van der Waals surface area contributed by atoms with Crippen LogP contribution in [0, 0.1) is 0 Å². The van der Waals surface area contributed by atoms with E-state index in [4.69, 9.17) is 15.3 Å². The summed E-state index contributed by atoms with van der Waals surface area (Å²) in [6.45, 7) is 1.74. The molecule has 1 fully saturated rings. The van der Waals surface area contributed by atoms with Crippen molar-refractivity contribution in [2.45, 2.75) is 38.5 Å². The van der Waals surface area contributed by atoms with Gasteiger partial charge in [-0.1, -0.05) is 6.07 Å². The van der Waals surface area contributed by atoms with E-state index in [2.05, 4.69) is 0 Å². The Morgan fingerprint density at radius 1 is 1.33 bits per heavy atom. The summed E-state index contributed by atoms with van der Waals surface area (Å²) in [4.78, 5) is 31.1. The van der Waals surface area contributed by atoms with Crippen LogP contribution in [0.2, 0.25) is 0 Å². The third-order valence-corrected chi connectivity index (χ3v) is 4.46. The summed E-state index contributed by atoms with van der Waals surface area (Å²) in [6.07, 6.45) is 3.23. The van der Waals surface area contributed by atoms with Crippen molar-refractivity contribution in [2.24, 2.45) is 5.73 Å². The maximum atomic E-state index is 12.6. The fraction of sp³-hybridized carbons (Fsp3) is 0.529. The molecule has 0 aliphatic carbocycles. The highest BCUT2D eigenvalue weighted by atomic mass is 16.8. The van der Waals surface area contributed by atoms with Crippen LogP contribution in [0.4, 0.5) is 4.79 Å². The van der Waals surface area contributed by atoms with Gasteiger partial charge in [0.25, 0.3) is 0 Å². The minimum Gasteiger partial charge on any atom is -0.366 e. The molecule has 2 aliphatic heterocycles. The number of benzene rings is 1. The second-order valence-electron chi connectivity index (χ2n) is 6.20. The van der Waals surface area contributed by atoms with Crippen LogP contribution in [-0.2, 0) is 22.5 Å². The number of carbonyl (C=O) groups excluding carboxylic acids is 2. The van der Waals surface area contributed by atoms with Crippen molar-refractivity contribution < 1.29 is 19.2 Å². The van der Waals surface area contributed by atoms with E-state index in [9.17, 15) is 9.59 Å². The van der Waals surface area contributed by atoms with Gasteiger partial charge in [0.15, 0.2) is 6.29 Å². The Kier molecular flexibility index (Phi) is 5.01. The average molecular weight is 333 g/mol. The van der Waals surface area contributed by atoms with E-state index in [0.29, 0.717) is 31.7 Å². The van der Waals surface area contributed by atoms with Crippen LogP contribution >= 0.6 is 0 Å². The number of rotatable bonds is 3. The van der Waals surface area contributed by atoms with E-state index in [1.165, 1.54) is 5.06 Å². The largest absolute Gasteiger partial charge is 0.366 e. The van der Waals surface area contributed by atoms with Gasteiger partial charge in [-0.2, -0.15) is 0 Å². The third kappa shape index (κ3) is 3.68. The second kappa shape index (κ2) is 7.19. The average Bonchev–Trinajstić information content (AvgIpc) is 2.61. The summed E-state index contributed by atoms with van der Waals surface area (Å²) >= 11 is 0. The first-order valence-corrected chi connectivity index (χ1v) is 8.27. The molecule has 1 aromatic rings. The Bertz CT molecular complexity index is 628. The van der Waals surface area contributed by atoms with Crippen LogP contribution in [0.1, 0.15) is 40.7 Å². The predicted octanol–water partition coefficient (Wildman–Crippen LogP) is 1.65. The van der Waals surface area contributed by atoms with Crippen molar-refractivity contribution in [3.05, 3.63) is 34.9 Å². The quantitative estimate of drug-likeness (QED) is 0.853. The van der Waals surface area contributed by atoms with Gasteiger partial charge < -0.3 is 15.4 Å². The summed E-state index contributed by atoms with van der Waals surface area (Å²) in [5, 5.41) is 1.26. The van der Waals surface area contributed by atoms with E-state index in [-0.39, 0.29) is 12.3 Å². The molecule has 0 saturated carbocycles. The number of hydroxylamine groups is 2. The second-order valence-corrected chi connectivity index (χ2v) is 6.20. The van der Waals surface area contributed by atoms with Gasteiger partial charge in [0, 0.05) is 38.7 Å². The first-order valence-electron chi connectivity index (χ1n) is 8.27. The molecule has 2 aliphatic rings. The number of nitrogens with two attached hydrogens (primary N) is 1. The molecule has 2 N–H and O–H groups in total. The van der Waals surface area contributed by atoms with Crippen molar-refractivity contribution >= 4 is 11.9 Å². The molecule has 1 saturated heterocycles. The van der Waals surface area contributed by atoms with Crippen LogP contribution in [0.3, 0.4) is 0 Å². The minimum absolute atomic E-state index is 0.186. The number of ether oxygens (including phenoxy) is 1. The summed E-state index contributed by atoms with van der Waals surface area (Å²) in [6, 6.07) is 5.19. The smallest absolute Gasteiger partial charge is 0.344 e. The normalized spacial score (nSPS) is 20.4. The molecule has 1 aromatic carbocycles. The molecule has 7 nitrogen and oxygen atoms in total. The number of nitrogens with zero attached hydrogens (tertiary/aromatic N) is 2. The SMILES string of the molecule is CN(OC1CCCCO1)C(=O)N1CCc2cc(C(N)=O)ccc2C1. The van der Waals surface area contributed by atoms with Gasteiger partial charge in [-0.25, -0.2) is 14.7 Å². The van der Waals surface area contributed by atoms with Gasteiger partial charge in [0.2, 0.25) is 5.91 Å². The number of hydrogen-bond donors (Lipinski definition) is 1. The monoisotopic (exact) mass is 333 g/mol. The number of amides is 3. The van der Waals surface area contributed by atoms with Crippen molar-refractivity contribution in [1.82, 2.24) is 9.96 Å². The Morgan fingerprint density at radius 2 is 2.17 bits per heavy atom. The third-order valence-electron chi connectivity index (χ3n) is 4.46. The molecule has 24 heavy (non-hydrogen) atoms. The topological polar surface area (TPSA) is 85.1 Å². The highest BCUT2D eigenvalue weighted by Crippen LogP contribution is 2.22. The van der Waals surface area contributed by atoms with Crippen LogP contribution < -0.4 is 5.73 Å². The summed E-state index contributed by atoms with van der Waals surface area (Å²) in [7, 11) is 1.62. The number of urea groups is 1. The van der Waals surface area contributed by atoms with Crippen LogP contribution in [-0.4, -0.2) is 48.4 Å². The van der Waals surface area contributed by atoms with Gasteiger partial charge >= 0.3 is 6.03 Å². The highest BCUT2D eigenvalue weighted by Gasteiger charge is 2.26. The van der Waals surface area contributed by atoms with Crippen LogP contribution in [0.5, 0.6) is 0 Å². The maximum Gasteiger partial charge on any atom is 0.344 e. The summed E-state index contributed by atoms with van der Waals surface area (Å²) < 4.78 is 5.50. The summed E-state index contributed by atoms with van der Waals surface area (Å²) in [5.74, 6) is -0.433. The van der Waals surface area contributed by atoms with Gasteiger partial charge in [-0.15, -0.1) is 0 Å². The maximum absolute atomic E-state index is 12.6. The van der Waals surface area contributed by atoms with Crippen LogP contribution in [0.25, 0.3) is 0 Å². The first kappa shape index (κ1) is 16.7. The zero-order valence-corrected chi connectivity index (χ0v) is 13.9. The molecule has 130 valence electrons. The molecule has 2 heterocycles. The number of fused-ring (bicyclic) bond motifs is 1. The van der Waals surface area contributed by atoms with Crippen molar-refractivity contribution in [3.63, 3.8) is 0 Å². The molecule has 3 amide bonds. The van der Waals surface area contributed by atoms with Crippen molar-refractivity contribution in [3.8, 4) is 0 Å². The van der Waals surface area contributed by atoms with Crippen molar-refractivity contribution in [1.29, 1.82) is 0 Å². The van der Waals surface area contributed by atoms with E-state index >= 15 is 0 Å². The van der Waals surface area contributed by atoms with E-state index in [1.807, 2.05) is 12.1 Å². The molecule has 0 radical (unpaired) electrons. The van der Waals surface area contributed by atoms with Gasteiger partial charge in [0.1, 0.15) is 0 Å². The Hall–Kier alpha value is -2.12. The lowest BCUT2D eigenvalue weighted by atomic mass is 9.97. The van der Waals surface area contributed by atoms with E-state index in [0.717, 1.165) is 30.4 Å². The molecule has 3 rings (SSSR count). The van der Waals surface area contributed by atoms with Gasteiger partial charge in [0.05, 0.1) is 0 Å². The van der Waals surface area contributed by atoms with Gasteiger partial charge in [-0.3, -0.25) is 4.79 Å². The molecule has 7 heteroatoms. The fourth-order valence-electron chi connectivity index (χ4n) is 3.08. The summed E-state index contributed by atoms with van der Waals surface area (Å²) in [5.41, 5.74) is 7.91. The molecule has 1 atom stereocenters. The number of hydrogen-bond acceptors (Lipinski definition) is 4. The van der Waals surface area contributed by atoms with Crippen LogP contribution in [0.15, 0.2) is 18.2 Å². The van der Waals surface area contributed by atoms with Gasteiger partial charge in [-0.05, 0) is 42.5 Å².